The molecule has 3 N–H and O–H groups in total. The van der Waals surface area contributed by atoms with Crippen LogP contribution in [0.5, 0.6) is 11.5 Å². The van der Waals surface area contributed by atoms with Crippen LogP contribution in [0.25, 0.3) is 0 Å². The second kappa shape index (κ2) is 5.76. The van der Waals surface area contributed by atoms with Gasteiger partial charge < -0.3 is 9.47 Å². The van der Waals surface area contributed by atoms with Gasteiger partial charge in [-0.1, -0.05) is 24.3 Å². The molecule has 3 rings (SSSR count). The van der Waals surface area contributed by atoms with Crippen molar-refractivity contribution >= 4 is 0 Å². The van der Waals surface area contributed by atoms with Crippen molar-refractivity contribution < 1.29 is 9.47 Å². The molecular weight excluding hydrogens is 264 g/mol. The minimum absolute atomic E-state index is 0.0676. The van der Waals surface area contributed by atoms with E-state index in [0.717, 1.165) is 17.1 Å². The van der Waals surface area contributed by atoms with E-state index >= 15 is 0 Å². The van der Waals surface area contributed by atoms with Crippen LogP contribution in [0.1, 0.15) is 28.3 Å². The number of nitrogens with two attached hydrogens (primary N) is 1. The third-order valence-corrected chi connectivity index (χ3v) is 3.90. The van der Waals surface area contributed by atoms with Gasteiger partial charge >= 0.3 is 0 Å². The first kappa shape index (κ1) is 13.9. The molecule has 0 aromatic heterocycles. The molecule has 1 aliphatic heterocycles. The highest BCUT2D eigenvalue weighted by molar-refractivity contribution is 5.48. The summed E-state index contributed by atoms with van der Waals surface area (Å²) in [4.78, 5) is 0. The van der Waals surface area contributed by atoms with Gasteiger partial charge in [0.2, 0.25) is 0 Å². The lowest BCUT2D eigenvalue weighted by Gasteiger charge is -2.24. The standard InChI is InChI=1S/C17H20N2O2/c1-11-4-3-5-12(2)16(11)17(19-18)13-6-7-14-15(10-13)21-9-8-20-14/h3-7,10,17,19H,8-9,18H2,1-2H3. The first-order chi connectivity index (χ1) is 10.2. The molecule has 1 unspecified atom stereocenters. The summed E-state index contributed by atoms with van der Waals surface area (Å²) in [6, 6.07) is 12.2. The van der Waals surface area contributed by atoms with Gasteiger partial charge in [-0.15, -0.1) is 0 Å². The van der Waals surface area contributed by atoms with E-state index in [1.807, 2.05) is 18.2 Å². The molecule has 1 heterocycles. The fourth-order valence-corrected chi connectivity index (χ4v) is 2.87. The van der Waals surface area contributed by atoms with Crippen LogP contribution in [0.15, 0.2) is 36.4 Å². The maximum Gasteiger partial charge on any atom is 0.161 e. The fourth-order valence-electron chi connectivity index (χ4n) is 2.87. The van der Waals surface area contributed by atoms with E-state index in [0.29, 0.717) is 13.2 Å². The topological polar surface area (TPSA) is 56.5 Å². The lowest BCUT2D eigenvalue weighted by molar-refractivity contribution is 0.171. The van der Waals surface area contributed by atoms with E-state index < -0.39 is 0 Å². The van der Waals surface area contributed by atoms with Gasteiger partial charge in [0.05, 0.1) is 6.04 Å². The molecule has 0 saturated heterocycles. The minimum atomic E-state index is -0.0676. The number of hydrogen-bond donors (Lipinski definition) is 2. The van der Waals surface area contributed by atoms with Crippen LogP contribution in [0.2, 0.25) is 0 Å². The number of nitrogens with one attached hydrogen (secondary N) is 1. The molecule has 2 aromatic rings. The predicted octanol–water partition coefficient (Wildman–Crippen LogP) is 2.63. The number of fused-ring (bicyclic) bond motifs is 1. The minimum Gasteiger partial charge on any atom is -0.486 e. The highest BCUT2D eigenvalue weighted by Gasteiger charge is 2.20. The molecule has 1 aliphatic rings. The Bertz CT molecular complexity index is 635. The van der Waals surface area contributed by atoms with Crippen molar-refractivity contribution in [1.29, 1.82) is 0 Å². The summed E-state index contributed by atoms with van der Waals surface area (Å²) in [6.45, 7) is 5.39. The second-order valence-electron chi connectivity index (χ2n) is 5.31. The Labute approximate surface area is 124 Å². The first-order valence-corrected chi connectivity index (χ1v) is 7.12. The van der Waals surface area contributed by atoms with Gasteiger partial charge in [-0.25, -0.2) is 5.43 Å². The lowest BCUT2D eigenvalue weighted by Crippen LogP contribution is -2.30. The zero-order chi connectivity index (χ0) is 14.8. The largest absolute Gasteiger partial charge is 0.486 e. The van der Waals surface area contributed by atoms with Crippen molar-refractivity contribution in [2.45, 2.75) is 19.9 Å². The number of aryl methyl sites for hydroxylation is 2. The molecular formula is C17H20N2O2. The Kier molecular flexibility index (Phi) is 3.82. The molecule has 110 valence electrons. The normalized spacial score (nSPS) is 14.8. The Balaban J connectivity index is 2.04. The maximum absolute atomic E-state index is 5.83. The third-order valence-electron chi connectivity index (χ3n) is 3.90. The van der Waals surface area contributed by atoms with Gasteiger partial charge in [0.1, 0.15) is 13.2 Å². The zero-order valence-corrected chi connectivity index (χ0v) is 12.3. The van der Waals surface area contributed by atoms with Gasteiger partial charge in [-0.2, -0.15) is 0 Å². The Morgan fingerprint density at radius 2 is 1.67 bits per heavy atom. The van der Waals surface area contributed by atoms with E-state index in [1.54, 1.807) is 0 Å². The van der Waals surface area contributed by atoms with Gasteiger partial charge in [0, 0.05) is 0 Å². The van der Waals surface area contributed by atoms with E-state index in [9.17, 15) is 0 Å². The van der Waals surface area contributed by atoms with Crippen LogP contribution in [0.4, 0.5) is 0 Å². The number of ether oxygens (including phenoxy) is 2. The maximum atomic E-state index is 5.83. The van der Waals surface area contributed by atoms with Crippen LogP contribution in [0, 0.1) is 13.8 Å². The number of benzene rings is 2. The average Bonchev–Trinajstić information content (AvgIpc) is 2.50. The quantitative estimate of drug-likeness (QED) is 0.672. The van der Waals surface area contributed by atoms with Crippen molar-refractivity contribution in [2.75, 3.05) is 13.2 Å². The smallest absolute Gasteiger partial charge is 0.161 e. The van der Waals surface area contributed by atoms with Crippen molar-refractivity contribution in [3.63, 3.8) is 0 Å². The van der Waals surface area contributed by atoms with Gasteiger partial charge in [-0.3, -0.25) is 5.84 Å². The molecule has 21 heavy (non-hydrogen) atoms. The van der Waals surface area contributed by atoms with Gasteiger partial charge in [-0.05, 0) is 48.2 Å². The highest BCUT2D eigenvalue weighted by Crippen LogP contribution is 2.35. The average molecular weight is 284 g/mol. The van der Waals surface area contributed by atoms with Crippen molar-refractivity contribution in [3.8, 4) is 11.5 Å². The molecule has 0 saturated carbocycles. The summed E-state index contributed by atoms with van der Waals surface area (Å²) in [5, 5.41) is 0. The molecule has 4 heteroatoms. The van der Waals surface area contributed by atoms with E-state index in [4.69, 9.17) is 15.3 Å². The summed E-state index contributed by atoms with van der Waals surface area (Å²) in [5.41, 5.74) is 7.63. The third kappa shape index (κ3) is 2.60. The molecule has 0 fully saturated rings. The second-order valence-corrected chi connectivity index (χ2v) is 5.31. The molecule has 0 aliphatic carbocycles. The Morgan fingerprint density at radius 1 is 1.00 bits per heavy atom. The van der Waals surface area contributed by atoms with E-state index in [2.05, 4.69) is 37.5 Å². The summed E-state index contributed by atoms with van der Waals surface area (Å²) in [7, 11) is 0. The monoisotopic (exact) mass is 284 g/mol. The summed E-state index contributed by atoms with van der Waals surface area (Å²) < 4.78 is 11.2. The number of rotatable bonds is 3. The van der Waals surface area contributed by atoms with Gasteiger partial charge in [0.15, 0.2) is 11.5 Å². The van der Waals surface area contributed by atoms with Gasteiger partial charge in [0.25, 0.3) is 0 Å². The Morgan fingerprint density at radius 3 is 2.33 bits per heavy atom. The van der Waals surface area contributed by atoms with Crippen LogP contribution < -0.4 is 20.7 Å². The molecule has 4 nitrogen and oxygen atoms in total. The Hall–Kier alpha value is -2.04. The molecule has 2 aromatic carbocycles. The van der Waals surface area contributed by atoms with E-state index in [-0.39, 0.29) is 6.04 Å². The number of hydrazine groups is 1. The molecule has 1 atom stereocenters. The summed E-state index contributed by atoms with van der Waals surface area (Å²) >= 11 is 0. The predicted molar refractivity (Wildman–Crippen MR) is 82.5 cm³/mol. The van der Waals surface area contributed by atoms with Crippen LogP contribution in [-0.2, 0) is 0 Å². The molecule has 0 radical (unpaired) electrons. The zero-order valence-electron chi connectivity index (χ0n) is 12.3. The molecule has 0 spiro atoms. The van der Waals surface area contributed by atoms with Crippen LogP contribution in [-0.4, -0.2) is 13.2 Å². The van der Waals surface area contributed by atoms with Crippen LogP contribution >= 0.6 is 0 Å². The highest BCUT2D eigenvalue weighted by atomic mass is 16.6. The molecule has 0 bridgehead atoms. The van der Waals surface area contributed by atoms with Crippen molar-refractivity contribution in [1.82, 2.24) is 5.43 Å². The number of hydrogen-bond acceptors (Lipinski definition) is 4. The van der Waals surface area contributed by atoms with E-state index in [1.165, 1.54) is 16.7 Å². The molecule has 0 amide bonds. The van der Waals surface area contributed by atoms with Crippen molar-refractivity contribution in [2.24, 2.45) is 5.84 Å². The summed E-state index contributed by atoms with van der Waals surface area (Å²) in [6.07, 6.45) is 0. The first-order valence-electron chi connectivity index (χ1n) is 7.12. The fraction of sp³-hybridized carbons (Fsp3) is 0.294. The van der Waals surface area contributed by atoms with Crippen LogP contribution in [0.3, 0.4) is 0 Å². The van der Waals surface area contributed by atoms with Crippen molar-refractivity contribution in [3.05, 3.63) is 58.7 Å². The SMILES string of the molecule is Cc1cccc(C)c1C(NN)c1ccc2c(c1)OCCO2. The lowest BCUT2D eigenvalue weighted by atomic mass is 9.91. The summed E-state index contributed by atoms with van der Waals surface area (Å²) in [5.74, 6) is 7.41.